The molecule has 1 saturated heterocycles. The Bertz CT molecular complexity index is 1320. The van der Waals surface area contributed by atoms with Gasteiger partial charge in [-0.3, -0.25) is 0 Å². The molecule has 7 nitrogen and oxygen atoms in total. The van der Waals surface area contributed by atoms with Gasteiger partial charge in [-0.1, -0.05) is 0 Å². The molecule has 0 bridgehead atoms. The summed E-state index contributed by atoms with van der Waals surface area (Å²) in [5, 5.41) is 1.11. The number of pyridine rings is 1. The Morgan fingerprint density at radius 3 is 2.56 bits per heavy atom. The Hall–Kier alpha value is -3.06. The molecule has 0 radical (unpaired) electrons. The van der Waals surface area contributed by atoms with Gasteiger partial charge in [-0.25, -0.2) is 9.97 Å². The Morgan fingerprint density at radius 1 is 1.06 bits per heavy atom. The number of hydrogen-bond donors (Lipinski definition) is 2. The number of aryl methyl sites for hydroxylation is 2. The summed E-state index contributed by atoms with van der Waals surface area (Å²) in [6, 6.07) is 4.46. The van der Waals surface area contributed by atoms with Crippen LogP contribution in [0.1, 0.15) is 35.6 Å². The number of methoxy groups -OCH3 is 1. The van der Waals surface area contributed by atoms with Crippen LogP contribution in [-0.2, 0) is 0 Å². The van der Waals surface area contributed by atoms with Gasteiger partial charge in [0, 0.05) is 54.7 Å². The molecule has 7 heteroatoms. The summed E-state index contributed by atoms with van der Waals surface area (Å²) < 4.78 is 5.67. The molecule has 2 N–H and O–H groups in total. The van der Waals surface area contributed by atoms with Gasteiger partial charge in [-0.05, 0) is 57.4 Å². The molecule has 4 aromatic rings. The van der Waals surface area contributed by atoms with Crippen LogP contribution in [0.15, 0.2) is 18.3 Å². The van der Waals surface area contributed by atoms with Crippen LogP contribution in [0, 0.1) is 13.8 Å². The maximum Gasteiger partial charge on any atom is 0.226 e. The molecule has 6 rings (SSSR count). The van der Waals surface area contributed by atoms with E-state index in [0.717, 1.165) is 59.5 Å². The molecular formula is C25H30N6O. The molecule has 0 spiro atoms. The van der Waals surface area contributed by atoms with Crippen LogP contribution in [0.2, 0.25) is 0 Å². The van der Waals surface area contributed by atoms with Crippen molar-refractivity contribution < 1.29 is 4.74 Å². The van der Waals surface area contributed by atoms with Crippen LogP contribution in [0.5, 0.6) is 5.88 Å². The number of rotatable bonds is 4. The van der Waals surface area contributed by atoms with Crippen molar-refractivity contribution in [1.29, 1.82) is 0 Å². The van der Waals surface area contributed by atoms with E-state index in [1.54, 1.807) is 7.11 Å². The first-order valence-electron chi connectivity index (χ1n) is 11.5. The van der Waals surface area contributed by atoms with E-state index < -0.39 is 0 Å². The van der Waals surface area contributed by atoms with Gasteiger partial charge in [0.1, 0.15) is 11.4 Å². The van der Waals surface area contributed by atoms with Gasteiger partial charge in [0.25, 0.3) is 0 Å². The van der Waals surface area contributed by atoms with Crippen LogP contribution >= 0.6 is 0 Å². The third-order valence-electron chi connectivity index (χ3n) is 7.10. The van der Waals surface area contributed by atoms with Gasteiger partial charge in [0.05, 0.1) is 23.7 Å². The summed E-state index contributed by atoms with van der Waals surface area (Å²) in [6.45, 7) is 8.67. The number of hydrogen-bond acceptors (Lipinski definition) is 5. The number of ether oxygens (including phenoxy) is 1. The van der Waals surface area contributed by atoms with E-state index in [4.69, 9.17) is 9.72 Å². The first-order valence-corrected chi connectivity index (χ1v) is 11.5. The largest absolute Gasteiger partial charge is 0.480 e. The van der Waals surface area contributed by atoms with E-state index in [1.165, 1.54) is 35.3 Å². The maximum absolute atomic E-state index is 5.67. The van der Waals surface area contributed by atoms with Crippen LogP contribution in [0.4, 0.5) is 5.69 Å². The number of likely N-dealkylation sites (N-methyl/N-ethyl adjacent to an activating group) is 1. The van der Waals surface area contributed by atoms with Crippen molar-refractivity contribution in [3.8, 4) is 17.3 Å². The van der Waals surface area contributed by atoms with E-state index >= 15 is 0 Å². The zero-order valence-electron chi connectivity index (χ0n) is 19.2. The zero-order chi connectivity index (χ0) is 22.0. The second kappa shape index (κ2) is 7.24. The van der Waals surface area contributed by atoms with Crippen molar-refractivity contribution in [3.05, 3.63) is 35.2 Å². The molecule has 0 unspecified atom stereocenters. The van der Waals surface area contributed by atoms with Crippen LogP contribution in [-0.4, -0.2) is 65.2 Å². The summed E-state index contributed by atoms with van der Waals surface area (Å²) in [7, 11) is 3.86. The van der Waals surface area contributed by atoms with Gasteiger partial charge in [0.15, 0.2) is 0 Å². The second-order valence-electron chi connectivity index (χ2n) is 9.41. The average Bonchev–Trinajstić information content (AvgIpc) is 3.41. The van der Waals surface area contributed by atoms with E-state index in [-0.39, 0.29) is 0 Å². The summed E-state index contributed by atoms with van der Waals surface area (Å²) >= 11 is 0. The molecular weight excluding hydrogens is 400 g/mol. The SMILES string of the molecule is COc1ncc2cc(C3CC3)[nH]c2c1-c1nc2c(C)c(N3CCN(C)CC3)c(C)cc2[nH]1. The lowest BCUT2D eigenvalue weighted by Gasteiger charge is -2.35. The summed E-state index contributed by atoms with van der Waals surface area (Å²) in [5.74, 6) is 2.04. The van der Waals surface area contributed by atoms with Crippen LogP contribution < -0.4 is 9.64 Å². The Balaban J connectivity index is 1.50. The standard InChI is InChI=1S/C25H30N6O/c1-14-11-19-21(15(2)23(14)31-9-7-30(3)8-10-31)29-24(28-19)20-22-17(13-26-25(20)32-4)12-18(27-22)16-5-6-16/h11-13,16,27H,5-10H2,1-4H3,(H,28,29). The zero-order valence-corrected chi connectivity index (χ0v) is 19.2. The van der Waals surface area contributed by atoms with Crippen molar-refractivity contribution in [2.45, 2.75) is 32.6 Å². The molecule has 4 heterocycles. The van der Waals surface area contributed by atoms with Gasteiger partial charge >= 0.3 is 0 Å². The molecule has 3 aromatic heterocycles. The number of benzene rings is 1. The molecule has 32 heavy (non-hydrogen) atoms. The highest BCUT2D eigenvalue weighted by Crippen LogP contribution is 2.43. The molecule has 0 atom stereocenters. The lowest BCUT2D eigenvalue weighted by Crippen LogP contribution is -2.45. The highest BCUT2D eigenvalue weighted by Gasteiger charge is 2.27. The molecule has 1 aromatic carbocycles. The smallest absolute Gasteiger partial charge is 0.226 e. The minimum atomic E-state index is 0.592. The highest BCUT2D eigenvalue weighted by atomic mass is 16.5. The van der Waals surface area contributed by atoms with Crippen molar-refractivity contribution in [3.63, 3.8) is 0 Å². The fourth-order valence-electron chi connectivity index (χ4n) is 5.19. The number of imidazole rings is 1. The predicted molar refractivity (Wildman–Crippen MR) is 129 cm³/mol. The number of nitrogens with zero attached hydrogens (tertiary/aromatic N) is 4. The molecule has 0 amide bonds. The minimum Gasteiger partial charge on any atom is -0.480 e. The average molecular weight is 431 g/mol. The van der Waals surface area contributed by atoms with Gasteiger partial charge in [-0.2, -0.15) is 0 Å². The van der Waals surface area contributed by atoms with Gasteiger partial charge < -0.3 is 24.5 Å². The summed E-state index contributed by atoms with van der Waals surface area (Å²) in [5.41, 5.74) is 9.16. The van der Waals surface area contributed by atoms with Crippen molar-refractivity contribution >= 4 is 27.6 Å². The quantitative estimate of drug-likeness (QED) is 0.503. The fraction of sp³-hybridized carbons (Fsp3) is 0.440. The molecule has 1 aliphatic heterocycles. The number of piperazine rings is 1. The second-order valence-corrected chi connectivity index (χ2v) is 9.41. The highest BCUT2D eigenvalue weighted by molar-refractivity contribution is 5.97. The monoisotopic (exact) mass is 430 g/mol. The summed E-state index contributed by atoms with van der Waals surface area (Å²) in [4.78, 5) is 21.8. The molecule has 2 fully saturated rings. The lowest BCUT2D eigenvalue weighted by atomic mass is 10.0. The Morgan fingerprint density at radius 2 is 1.84 bits per heavy atom. The van der Waals surface area contributed by atoms with Crippen LogP contribution in [0.3, 0.4) is 0 Å². The van der Waals surface area contributed by atoms with E-state index in [0.29, 0.717) is 11.8 Å². The molecule has 1 aliphatic carbocycles. The molecule has 2 aliphatic rings. The van der Waals surface area contributed by atoms with Crippen molar-refractivity contribution in [1.82, 2.24) is 24.8 Å². The lowest BCUT2D eigenvalue weighted by molar-refractivity contribution is 0.312. The van der Waals surface area contributed by atoms with Gasteiger partial charge in [-0.15, -0.1) is 0 Å². The first-order chi connectivity index (χ1) is 15.5. The molecule has 1 saturated carbocycles. The third kappa shape index (κ3) is 3.06. The topological polar surface area (TPSA) is 73.1 Å². The minimum absolute atomic E-state index is 0.592. The first kappa shape index (κ1) is 19.6. The predicted octanol–water partition coefficient (Wildman–Crippen LogP) is 4.36. The van der Waals surface area contributed by atoms with E-state index in [9.17, 15) is 0 Å². The number of anilines is 1. The van der Waals surface area contributed by atoms with Crippen molar-refractivity contribution in [2.24, 2.45) is 0 Å². The fourth-order valence-corrected chi connectivity index (χ4v) is 5.19. The van der Waals surface area contributed by atoms with E-state index in [1.807, 2.05) is 6.20 Å². The third-order valence-corrected chi connectivity index (χ3v) is 7.10. The van der Waals surface area contributed by atoms with Crippen LogP contribution in [0.25, 0.3) is 33.3 Å². The number of aromatic nitrogens is 4. The Labute approximate surface area is 187 Å². The normalized spacial score (nSPS) is 17.6. The number of aromatic amines is 2. The van der Waals surface area contributed by atoms with Gasteiger partial charge in [0.2, 0.25) is 5.88 Å². The number of H-pyrrole nitrogens is 2. The number of fused-ring (bicyclic) bond motifs is 2. The summed E-state index contributed by atoms with van der Waals surface area (Å²) in [6.07, 6.45) is 4.40. The maximum atomic E-state index is 5.67. The number of nitrogens with one attached hydrogen (secondary N) is 2. The van der Waals surface area contributed by atoms with Crippen molar-refractivity contribution in [2.75, 3.05) is 45.2 Å². The van der Waals surface area contributed by atoms with E-state index in [2.05, 4.69) is 57.8 Å². The Kier molecular flexibility index (Phi) is 4.43. The molecule has 166 valence electrons.